The summed E-state index contributed by atoms with van der Waals surface area (Å²) in [5.74, 6) is -1.29. The fraction of sp³-hybridized carbons (Fsp3) is 0.778. The Kier molecular flexibility index (Phi) is 7.10. The maximum absolute atomic E-state index is 11.8. The molecular weight excluding hydrogens is 257 g/mol. The molecule has 0 radical (unpaired) electrons. The number of halogens is 3. The minimum Gasteiger partial charge on any atom is -0.480 e. The maximum atomic E-state index is 11.8. The van der Waals surface area contributed by atoms with Crippen molar-refractivity contribution in [2.24, 2.45) is 0 Å². The van der Waals surface area contributed by atoms with Gasteiger partial charge in [0, 0.05) is 20.1 Å². The van der Waals surface area contributed by atoms with Crippen LogP contribution in [-0.4, -0.2) is 49.6 Å². The highest BCUT2D eigenvalue weighted by Crippen LogP contribution is 2.20. The smallest absolute Gasteiger partial charge is 0.389 e. The highest BCUT2D eigenvalue weighted by molar-refractivity contribution is 5.82. The lowest BCUT2D eigenvalue weighted by Gasteiger charge is -2.14. The zero-order valence-corrected chi connectivity index (χ0v) is 9.71. The molecule has 0 aliphatic carbocycles. The van der Waals surface area contributed by atoms with Crippen LogP contribution in [0, 0.1) is 0 Å². The summed E-state index contributed by atoms with van der Waals surface area (Å²) < 4.78 is 39.9. The third-order valence-corrected chi connectivity index (χ3v) is 1.86. The van der Waals surface area contributed by atoms with Gasteiger partial charge in [0.05, 0.1) is 6.61 Å². The standard InChI is InChI=1S/C9H15F3N2O4/c1-18-5-6(7(15)16)14-8(17)13-4-2-3-9(10,11)12/h6H,2-5H2,1H3,(H,15,16)(H2,13,14,17). The van der Waals surface area contributed by atoms with Gasteiger partial charge in [0.25, 0.3) is 0 Å². The third kappa shape index (κ3) is 8.62. The molecule has 3 N–H and O–H groups in total. The summed E-state index contributed by atoms with van der Waals surface area (Å²) in [4.78, 5) is 21.7. The predicted molar refractivity (Wildman–Crippen MR) is 55.1 cm³/mol. The second-order valence-electron chi connectivity index (χ2n) is 3.47. The first-order valence-electron chi connectivity index (χ1n) is 5.09. The van der Waals surface area contributed by atoms with Gasteiger partial charge in [-0.05, 0) is 6.42 Å². The quantitative estimate of drug-likeness (QED) is 0.596. The molecule has 0 fully saturated rings. The molecule has 0 saturated heterocycles. The minimum absolute atomic E-state index is 0.190. The second-order valence-corrected chi connectivity index (χ2v) is 3.47. The van der Waals surface area contributed by atoms with Crippen LogP contribution in [0.25, 0.3) is 0 Å². The molecule has 9 heteroatoms. The average Bonchev–Trinajstić information content (AvgIpc) is 2.22. The van der Waals surface area contributed by atoms with E-state index in [1.165, 1.54) is 7.11 Å². The number of carboxylic acids is 1. The first-order valence-corrected chi connectivity index (χ1v) is 5.09. The van der Waals surface area contributed by atoms with Crippen molar-refractivity contribution < 1.29 is 32.6 Å². The zero-order valence-electron chi connectivity index (χ0n) is 9.71. The lowest BCUT2D eigenvalue weighted by Crippen LogP contribution is -2.48. The summed E-state index contributed by atoms with van der Waals surface area (Å²) >= 11 is 0. The van der Waals surface area contributed by atoms with E-state index in [2.05, 4.69) is 15.4 Å². The van der Waals surface area contributed by atoms with Gasteiger partial charge in [-0.2, -0.15) is 13.2 Å². The van der Waals surface area contributed by atoms with Crippen molar-refractivity contribution in [1.29, 1.82) is 0 Å². The Labute approximate surface area is 101 Å². The van der Waals surface area contributed by atoms with Crippen LogP contribution in [0.2, 0.25) is 0 Å². The number of alkyl halides is 3. The van der Waals surface area contributed by atoms with Crippen LogP contribution in [0.4, 0.5) is 18.0 Å². The van der Waals surface area contributed by atoms with E-state index in [0.717, 1.165) is 0 Å². The van der Waals surface area contributed by atoms with E-state index in [0.29, 0.717) is 0 Å². The number of rotatable bonds is 7. The maximum Gasteiger partial charge on any atom is 0.389 e. The average molecular weight is 272 g/mol. The molecule has 18 heavy (non-hydrogen) atoms. The topological polar surface area (TPSA) is 87.7 Å². The Balaban J connectivity index is 3.85. The fourth-order valence-corrected chi connectivity index (χ4v) is 1.04. The van der Waals surface area contributed by atoms with Crippen molar-refractivity contribution >= 4 is 12.0 Å². The van der Waals surface area contributed by atoms with Crippen molar-refractivity contribution in [2.75, 3.05) is 20.3 Å². The molecule has 0 aromatic heterocycles. The first kappa shape index (κ1) is 16.5. The van der Waals surface area contributed by atoms with Crippen molar-refractivity contribution in [2.45, 2.75) is 25.1 Å². The van der Waals surface area contributed by atoms with Crippen LogP contribution < -0.4 is 10.6 Å². The molecule has 106 valence electrons. The monoisotopic (exact) mass is 272 g/mol. The third-order valence-electron chi connectivity index (χ3n) is 1.86. The SMILES string of the molecule is COCC(NC(=O)NCCCC(F)(F)F)C(=O)O. The van der Waals surface area contributed by atoms with E-state index in [1.54, 1.807) is 0 Å². The van der Waals surface area contributed by atoms with Crippen LogP contribution in [0.1, 0.15) is 12.8 Å². The number of carbonyl (C=O) groups excluding carboxylic acids is 1. The van der Waals surface area contributed by atoms with Crippen molar-refractivity contribution in [3.05, 3.63) is 0 Å². The van der Waals surface area contributed by atoms with Gasteiger partial charge < -0.3 is 20.5 Å². The number of hydrogen-bond donors (Lipinski definition) is 3. The number of amides is 2. The molecule has 0 saturated carbocycles. The van der Waals surface area contributed by atoms with E-state index in [9.17, 15) is 22.8 Å². The molecule has 0 heterocycles. The molecule has 2 amide bonds. The molecule has 0 spiro atoms. The number of methoxy groups -OCH3 is 1. The number of nitrogens with one attached hydrogen (secondary N) is 2. The molecular formula is C9H15F3N2O4. The van der Waals surface area contributed by atoms with Crippen LogP contribution >= 0.6 is 0 Å². The van der Waals surface area contributed by atoms with Crippen molar-refractivity contribution in [3.8, 4) is 0 Å². The van der Waals surface area contributed by atoms with Crippen molar-refractivity contribution in [3.63, 3.8) is 0 Å². The molecule has 0 aliphatic heterocycles. The van der Waals surface area contributed by atoms with Gasteiger partial charge in [-0.1, -0.05) is 0 Å². The molecule has 0 bridgehead atoms. The summed E-state index contributed by atoms with van der Waals surface area (Å²) in [5, 5.41) is 12.8. The fourth-order valence-electron chi connectivity index (χ4n) is 1.04. The summed E-state index contributed by atoms with van der Waals surface area (Å²) in [6, 6.07) is -2.08. The predicted octanol–water partition coefficient (Wildman–Crippen LogP) is 0.728. The van der Waals surface area contributed by atoms with Gasteiger partial charge in [0.1, 0.15) is 0 Å². The molecule has 1 atom stereocenters. The number of aliphatic carboxylic acids is 1. The van der Waals surface area contributed by atoms with E-state index in [-0.39, 0.29) is 19.6 Å². The van der Waals surface area contributed by atoms with Gasteiger partial charge in [0.15, 0.2) is 6.04 Å². The largest absolute Gasteiger partial charge is 0.480 e. The van der Waals surface area contributed by atoms with E-state index < -0.39 is 30.6 Å². The van der Waals surface area contributed by atoms with Crippen LogP contribution in [0.3, 0.4) is 0 Å². The Morgan fingerprint density at radius 1 is 1.39 bits per heavy atom. The van der Waals surface area contributed by atoms with Crippen LogP contribution in [-0.2, 0) is 9.53 Å². The van der Waals surface area contributed by atoms with E-state index >= 15 is 0 Å². The summed E-state index contributed by atoms with van der Waals surface area (Å²) in [6.45, 7) is -0.421. The Morgan fingerprint density at radius 3 is 2.44 bits per heavy atom. The number of carboxylic acid groups (broad SMARTS) is 1. The second kappa shape index (κ2) is 7.75. The molecule has 6 nitrogen and oxygen atoms in total. The zero-order chi connectivity index (χ0) is 14.2. The van der Waals surface area contributed by atoms with Gasteiger partial charge >= 0.3 is 18.2 Å². The van der Waals surface area contributed by atoms with E-state index in [4.69, 9.17) is 5.11 Å². The minimum atomic E-state index is -4.27. The molecule has 0 aliphatic rings. The molecule has 0 aromatic carbocycles. The lowest BCUT2D eigenvalue weighted by atomic mass is 10.3. The van der Waals surface area contributed by atoms with Gasteiger partial charge in [-0.15, -0.1) is 0 Å². The van der Waals surface area contributed by atoms with Gasteiger partial charge in [-0.3, -0.25) is 0 Å². The molecule has 0 aromatic rings. The number of hydrogen-bond acceptors (Lipinski definition) is 3. The number of ether oxygens (including phenoxy) is 1. The van der Waals surface area contributed by atoms with E-state index in [1.807, 2.05) is 0 Å². The summed E-state index contributed by atoms with van der Waals surface area (Å²) in [5.41, 5.74) is 0. The highest BCUT2D eigenvalue weighted by Gasteiger charge is 2.26. The Morgan fingerprint density at radius 2 is 2.00 bits per heavy atom. The number of carbonyl (C=O) groups is 2. The van der Waals surface area contributed by atoms with Crippen LogP contribution in [0.5, 0.6) is 0 Å². The van der Waals surface area contributed by atoms with Crippen molar-refractivity contribution in [1.82, 2.24) is 10.6 Å². The number of urea groups is 1. The molecule has 1 unspecified atom stereocenters. The normalized spacial score (nSPS) is 12.9. The lowest BCUT2D eigenvalue weighted by molar-refractivity contribution is -0.140. The van der Waals surface area contributed by atoms with Gasteiger partial charge in [-0.25, -0.2) is 9.59 Å². The van der Waals surface area contributed by atoms with Gasteiger partial charge in [0.2, 0.25) is 0 Å². The highest BCUT2D eigenvalue weighted by atomic mass is 19.4. The summed E-state index contributed by atoms with van der Waals surface area (Å²) in [6.07, 6.45) is -5.54. The Hall–Kier alpha value is -1.51. The first-order chi connectivity index (χ1) is 8.26. The molecule has 0 rings (SSSR count). The van der Waals surface area contributed by atoms with Crippen LogP contribution in [0.15, 0.2) is 0 Å². The Bertz CT molecular complexity index is 283. The summed E-state index contributed by atoms with van der Waals surface area (Å²) in [7, 11) is 1.26.